The Morgan fingerprint density at radius 2 is 1.43 bits per heavy atom. The highest BCUT2D eigenvalue weighted by atomic mass is 16.5. The third-order valence-electron chi connectivity index (χ3n) is 6.16. The fourth-order valence-corrected chi connectivity index (χ4v) is 4.42. The Hall–Kier alpha value is -3.86. The van der Waals surface area contributed by atoms with Gasteiger partial charge in [-0.15, -0.1) is 0 Å². The van der Waals surface area contributed by atoms with Crippen LogP contribution in [0.4, 0.5) is 0 Å². The number of methoxy groups -OCH3 is 1. The molecule has 1 aromatic heterocycles. The van der Waals surface area contributed by atoms with Gasteiger partial charge in [-0.1, -0.05) is 92.1 Å². The van der Waals surface area contributed by atoms with Gasteiger partial charge in [0.05, 0.1) is 18.5 Å². The minimum Gasteiger partial charge on any atom is -0.497 e. The van der Waals surface area contributed by atoms with Crippen LogP contribution in [0.3, 0.4) is 0 Å². The average molecular weight is 469 g/mol. The van der Waals surface area contributed by atoms with Crippen molar-refractivity contribution in [3.8, 4) is 39.7 Å². The summed E-state index contributed by atoms with van der Waals surface area (Å²) in [4.78, 5) is 16.0. The van der Waals surface area contributed by atoms with Crippen LogP contribution in [0, 0.1) is 0 Å². The standard InChI is InChI=1S/C30H32N2O3/c1-35-26-19-13-18-25(22-26)30-31-28(23-14-7-5-8-15-23)29(24-16-9-6-10-17-24)32(30)21-12-4-2-3-11-20-27(33)34/h5-10,13-19,22H,2-4,11-12,20-21H2,1H3,(H,33,34). The lowest BCUT2D eigenvalue weighted by Crippen LogP contribution is -2.04. The molecule has 3 aromatic carbocycles. The lowest BCUT2D eigenvalue weighted by Gasteiger charge is -2.14. The van der Waals surface area contributed by atoms with Gasteiger partial charge in [0.2, 0.25) is 0 Å². The second-order valence-electron chi connectivity index (χ2n) is 8.66. The van der Waals surface area contributed by atoms with Crippen LogP contribution >= 0.6 is 0 Å². The molecule has 5 heteroatoms. The van der Waals surface area contributed by atoms with E-state index in [-0.39, 0.29) is 6.42 Å². The molecule has 1 heterocycles. The summed E-state index contributed by atoms with van der Waals surface area (Å²) >= 11 is 0. The zero-order valence-corrected chi connectivity index (χ0v) is 20.2. The maximum atomic E-state index is 10.8. The summed E-state index contributed by atoms with van der Waals surface area (Å²) in [5, 5.41) is 8.86. The highest BCUT2D eigenvalue weighted by Gasteiger charge is 2.21. The number of carboxylic acid groups (broad SMARTS) is 1. The predicted octanol–water partition coefficient (Wildman–Crippen LogP) is 7.32. The molecule has 0 radical (unpaired) electrons. The molecule has 0 saturated heterocycles. The molecule has 0 spiro atoms. The van der Waals surface area contributed by atoms with Crippen molar-refractivity contribution in [2.45, 2.75) is 45.1 Å². The first kappa shape index (κ1) is 24.3. The second-order valence-corrected chi connectivity index (χ2v) is 8.66. The van der Waals surface area contributed by atoms with Crippen molar-refractivity contribution in [3.05, 3.63) is 84.9 Å². The molecule has 0 aliphatic carbocycles. The van der Waals surface area contributed by atoms with Crippen LogP contribution in [0.5, 0.6) is 5.75 Å². The smallest absolute Gasteiger partial charge is 0.303 e. The van der Waals surface area contributed by atoms with E-state index in [2.05, 4.69) is 47.0 Å². The molecule has 180 valence electrons. The van der Waals surface area contributed by atoms with Gasteiger partial charge in [0, 0.05) is 29.7 Å². The molecule has 0 atom stereocenters. The van der Waals surface area contributed by atoms with Gasteiger partial charge < -0.3 is 14.4 Å². The summed E-state index contributed by atoms with van der Waals surface area (Å²) in [6, 6.07) is 28.8. The number of imidazole rings is 1. The molecular weight excluding hydrogens is 436 g/mol. The van der Waals surface area contributed by atoms with Crippen molar-refractivity contribution >= 4 is 5.97 Å². The van der Waals surface area contributed by atoms with Gasteiger partial charge in [-0.2, -0.15) is 0 Å². The molecule has 4 aromatic rings. The Morgan fingerprint density at radius 1 is 0.800 bits per heavy atom. The maximum Gasteiger partial charge on any atom is 0.303 e. The number of carbonyl (C=O) groups is 1. The van der Waals surface area contributed by atoms with Crippen LogP contribution in [0.2, 0.25) is 0 Å². The molecular formula is C30H32N2O3. The van der Waals surface area contributed by atoms with Crippen LogP contribution in [0.25, 0.3) is 33.9 Å². The molecule has 0 aliphatic rings. The van der Waals surface area contributed by atoms with Crippen LogP contribution in [0.1, 0.15) is 38.5 Å². The Balaban J connectivity index is 1.72. The number of carboxylic acids is 1. The number of benzene rings is 3. The van der Waals surface area contributed by atoms with Crippen molar-refractivity contribution in [1.82, 2.24) is 9.55 Å². The van der Waals surface area contributed by atoms with Crippen molar-refractivity contribution in [3.63, 3.8) is 0 Å². The van der Waals surface area contributed by atoms with E-state index in [4.69, 9.17) is 14.8 Å². The highest BCUT2D eigenvalue weighted by molar-refractivity contribution is 5.82. The first-order chi connectivity index (χ1) is 17.2. The normalized spacial score (nSPS) is 10.9. The summed E-state index contributed by atoms with van der Waals surface area (Å²) in [5.74, 6) is 1.01. The minimum absolute atomic E-state index is 0.250. The minimum atomic E-state index is -0.715. The number of unbranched alkanes of at least 4 members (excludes halogenated alkanes) is 4. The molecule has 0 unspecified atom stereocenters. The van der Waals surface area contributed by atoms with Crippen LogP contribution in [-0.4, -0.2) is 27.7 Å². The fraction of sp³-hybridized carbons (Fsp3) is 0.267. The number of aliphatic carboxylic acids is 1. The molecule has 0 fully saturated rings. The predicted molar refractivity (Wildman–Crippen MR) is 140 cm³/mol. The second kappa shape index (κ2) is 12.0. The van der Waals surface area contributed by atoms with Crippen molar-refractivity contribution in [1.29, 1.82) is 0 Å². The molecule has 4 rings (SSSR count). The molecule has 0 amide bonds. The number of ether oxygens (including phenoxy) is 1. The lowest BCUT2D eigenvalue weighted by molar-refractivity contribution is -0.137. The quantitative estimate of drug-likeness (QED) is 0.221. The maximum absolute atomic E-state index is 10.8. The van der Waals surface area contributed by atoms with Crippen molar-refractivity contribution in [2.24, 2.45) is 0 Å². The summed E-state index contributed by atoms with van der Waals surface area (Å²) in [7, 11) is 1.68. The summed E-state index contributed by atoms with van der Waals surface area (Å²) < 4.78 is 7.83. The first-order valence-electron chi connectivity index (χ1n) is 12.2. The number of hydrogen-bond acceptors (Lipinski definition) is 3. The van der Waals surface area contributed by atoms with E-state index >= 15 is 0 Å². The van der Waals surface area contributed by atoms with E-state index in [1.807, 2.05) is 42.5 Å². The summed E-state index contributed by atoms with van der Waals surface area (Å²) in [6.07, 6.45) is 5.00. The van der Waals surface area contributed by atoms with E-state index in [9.17, 15) is 4.79 Å². The molecule has 35 heavy (non-hydrogen) atoms. The molecule has 5 nitrogen and oxygen atoms in total. The topological polar surface area (TPSA) is 64.4 Å². The van der Waals surface area contributed by atoms with Crippen molar-refractivity contribution in [2.75, 3.05) is 7.11 Å². The Bertz CT molecular complexity index is 1230. The van der Waals surface area contributed by atoms with Gasteiger partial charge >= 0.3 is 5.97 Å². The number of aromatic nitrogens is 2. The number of hydrogen-bond donors (Lipinski definition) is 1. The Morgan fingerprint density at radius 3 is 2.11 bits per heavy atom. The first-order valence-corrected chi connectivity index (χ1v) is 12.2. The van der Waals surface area contributed by atoms with E-state index < -0.39 is 5.97 Å². The van der Waals surface area contributed by atoms with Crippen LogP contribution in [0.15, 0.2) is 84.9 Å². The Kier molecular flexibility index (Phi) is 8.34. The van der Waals surface area contributed by atoms with Gasteiger partial charge in [0.15, 0.2) is 0 Å². The zero-order valence-electron chi connectivity index (χ0n) is 20.2. The monoisotopic (exact) mass is 468 g/mol. The van der Waals surface area contributed by atoms with Gasteiger partial charge in [0.1, 0.15) is 11.6 Å². The zero-order chi connectivity index (χ0) is 24.5. The third-order valence-corrected chi connectivity index (χ3v) is 6.16. The van der Waals surface area contributed by atoms with E-state index in [0.717, 1.165) is 78.3 Å². The average Bonchev–Trinajstić information content (AvgIpc) is 3.28. The van der Waals surface area contributed by atoms with Crippen molar-refractivity contribution < 1.29 is 14.6 Å². The van der Waals surface area contributed by atoms with E-state index in [0.29, 0.717) is 0 Å². The van der Waals surface area contributed by atoms with Gasteiger partial charge in [-0.25, -0.2) is 4.98 Å². The SMILES string of the molecule is COc1cccc(-c2nc(-c3ccccc3)c(-c3ccccc3)n2CCCCCCCC(=O)O)c1. The Labute approximate surface area is 207 Å². The van der Waals surface area contributed by atoms with Crippen LogP contribution in [-0.2, 0) is 11.3 Å². The molecule has 0 bridgehead atoms. The fourth-order valence-electron chi connectivity index (χ4n) is 4.42. The largest absolute Gasteiger partial charge is 0.497 e. The van der Waals surface area contributed by atoms with Gasteiger partial charge in [-0.3, -0.25) is 4.79 Å². The highest BCUT2D eigenvalue weighted by Crippen LogP contribution is 2.37. The number of rotatable bonds is 12. The summed E-state index contributed by atoms with van der Waals surface area (Å²) in [6.45, 7) is 0.829. The van der Waals surface area contributed by atoms with Gasteiger partial charge in [-0.05, 0) is 25.0 Å². The molecule has 1 N–H and O–H groups in total. The third kappa shape index (κ3) is 6.18. The summed E-state index contributed by atoms with van der Waals surface area (Å²) in [5.41, 5.74) is 5.32. The van der Waals surface area contributed by atoms with E-state index in [1.54, 1.807) is 7.11 Å². The number of nitrogens with zero attached hydrogens (tertiary/aromatic N) is 2. The van der Waals surface area contributed by atoms with E-state index in [1.165, 1.54) is 0 Å². The molecule has 0 saturated carbocycles. The lowest BCUT2D eigenvalue weighted by atomic mass is 10.0. The van der Waals surface area contributed by atoms with Crippen LogP contribution < -0.4 is 4.74 Å². The molecule has 0 aliphatic heterocycles. The van der Waals surface area contributed by atoms with Gasteiger partial charge in [0.25, 0.3) is 0 Å².